The molecule has 1 aromatic rings. The molecule has 0 bridgehead atoms. The number of anilines is 1. The van der Waals surface area contributed by atoms with E-state index in [2.05, 4.69) is 0 Å². The lowest BCUT2D eigenvalue weighted by Crippen LogP contribution is -2.24. The molecular weight excluding hydrogens is 180 g/mol. The predicted molar refractivity (Wildman–Crippen MR) is 52.3 cm³/mol. The number of rotatable bonds is 1. The number of para-hydroxylation sites is 1. The van der Waals surface area contributed by atoms with Crippen LogP contribution in [0.25, 0.3) is 0 Å². The molecule has 0 aliphatic carbocycles. The fraction of sp³-hybridized carbons (Fsp3) is 0.300. The SMILES string of the molecule is Nc1ccccc1C1CC(N)C(=O)O1. The Morgan fingerprint density at radius 1 is 1.36 bits per heavy atom. The maximum Gasteiger partial charge on any atom is 0.323 e. The highest BCUT2D eigenvalue weighted by molar-refractivity contribution is 5.78. The second-order valence-electron chi connectivity index (χ2n) is 3.40. The molecule has 4 N–H and O–H groups in total. The highest BCUT2D eigenvalue weighted by Crippen LogP contribution is 2.31. The van der Waals surface area contributed by atoms with Crippen molar-refractivity contribution in [3.05, 3.63) is 29.8 Å². The largest absolute Gasteiger partial charge is 0.456 e. The number of ether oxygens (including phenoxy) is 1. The summed E-state index contributed by atoms with van der Waals surface area (Å²) < 4.78 is 5.10. The van der Waals surface area contributed by atoms with Crippen molar-refractivity contribution in [2.24, 2.45) is 5.73 Å². The van der Waals surface area contributed by atoms with Gasteiger partial charge in [0.15, 0.2) is 0 Å². The topological polar surface area (TPSA) is 78.3 Å². The fourth-order valence-electron chi connectivity index (χ4n) is 1.60. The summed E-state index contributed by atoms with van der Waals surface area (Å²) in [5.41, 5.74) is 12.8. The van der Waals surface area contributed by atoms with E-state index < -0.39 is 6.04 Å². The number of carbonyl (C=O) groups excluding carboxylic acids is 1. The van der Waals surface area contributed by atoms with E-state index in [1.165, 1.54) is 0 Å². The number of esters is 1. The van der Waals surface area contributed by atoms with E-state index in [0.29, 0.717) is 12.1 Å². The van der Waals surface area contributed by atoms with Crippen molar-refractivity contribution in [2.75, 3.05) is 5.73 Å². The molecule has 0 saturated carbocycles. The van der Waals surface area contributed by atoms with Crippen molar-refractivity contribution in [3.8, 4) is 0 Å². The standard InChI is InChI=1S/C10H12N2O2/c11-7-4-2-1-3-6(7)9-5-8(12)10(13)14-9/h1-4,8-9H,5,11-12H2. The van der Waals surface area contributed by atoms with Gasteiger partial charge < -0.3 is 16.2 Å². The van der Waals surface area contributed by atoms with Crippen molar-refractivity contribution in [1.82, 2.24) is 0 Å². The molecule has 1 heterocycles. The van der Waals surface area contributed by atoms with Gasteiger partial charge in [-0.3, -0.25) is 4.79 Å². The second kappa shape index (κ2) is 3.31. The Bertz CT molecular complexity index is 365. The van der Waals surface area contributed by atoms with E-state index in [4.69, 9.17) is 16.2 Å². The van der Waals surface area contributed by atoms with E-state index >= 15 is 0 Å². The number of carbonyl (C=O) groups is 1. The van der Waals surface area contributed by atoms with Crippen LogP contribution in [0.15, 0.2) is 24.3 Å². The smallest absolute Gasteiger partial charge is 0.323 e. The molecule has 0 spiro atoms. The van der Waals surface area contributed by atoms with Gasteiger partial charge in [0.2, 0.25) is 0 Å². The lowest BCUT2D eigenvalue weighted by Gasteiger charge is -2.11. The Labute approximate surface area is 81.8 Å². The van der Waals surface area contributed by atoms with Crippen LogP contribution >= 0.6 is 0 Å². The first-order chi connectivity index (χ1) is 6.68. The molecule has 74 valence electrons. The summed E-state index contributed by atoms with van der Waals surface area (Å²) in [7, 11) is 0. The molecule has 0 amide bonds. The van der Waals surface area contributed by atoms with Crippen LogP contribution in [-0.4, -0.2) is 12.0 Å². The van der Waals surface area contributed by atoms with Crippen LogP contribution in [0.4, 0.5) is 5.69 Å². The molecule has 1 aromatic carbocycles. The summed E-state index contributed by atoms with van der Waals surface area (Å²) in [6, 6.07) is 6.83. The van der Waals surface area contributed by atoms with Gasteiger partial charge in [-0.15, -0.1) is 0 Å². The highest BCUT2D eigenvalue weighted by Gasteiger charge is 2.33. The molecule has 1 fully saturated rings. The Morgan fingerprint density at radius 2 is 2.07 bits per heavy atom. The average molecular weight is 192 g/mol. The molecular formula is C10H12N2O2. The van der Waals surface area contributed by atoms with Gasteiger partial charge in [0.1, 0.15) is 12.1 Å². The maximum atomic E-state index is 11.1. The third kappa shape index (κ3) is 1.44. The van der Waals surface area contributed by atoms with Gasteiger partial charge in [-0.25, -0.2) is 0 Å². The van der Waals surface area contributed by atoms with E-state index in [1.54, 1.807) is 6.07 Å². The lowest BCUT2D eigenvalue weighted by atomic mass is 10.0. The van der Waals surface area contributed by atoms with Crippen LogP contribution < -0.4 is 11.5 Å². The monoisotopic (exact) mass is 192 g/mol. The molecule has 1 aliphatic rings. The second-order valence-corrected chi connectivity index (χ2v) is 3.40. The Balaban J connectivity index is 2.25. The van der Waals surface area contributed by atoms with E-state index in [0.717, 1.165) is 5.56 Å². The predicted octanol–water partition coefficient (Wildman–Crippen LogP) is 0.584. The minimum absolute atomic E-state index is 0.279. The van der Waals surface area contributed by atoms with E-state index in [9.17, 15) is 4.79 Å². The molecule has 4 nitrogen and oxygen atoms in total. The number of hydrogen-bond acceptors (Lipinski definition) is 4. The number of benzene rings is 1. The minimum Gasteiger partial charge on any atom is -0.456 e. The van der Waals surface area contributed by atoms with Crippen molar-refractivity contribution >= 4 is 11.7 Å². The molecule has 0 radical (unpaired) electrons. The summed E-state index contributed by atoms with van der Waals surface area (Å²) >= 11 is 0. The van der Waals surface area contributed by atoms with Crippen LogP contribution in [0.2, 0.25) is 0 Å². The summed E-state index contributed by atoms with van der Waals surface area (Å²) in [6.07, 6.45) is 0.228. The van der Waals surface area contributed by atoms with Crippen LogP contribution in [0.1, 0.15) is 18.1 Å². The average Bonchev–Trinajstić information content (AvgIpc) is 2.48. The molecule has 2 rings (SSSR count). The van der Waals surface area contributed by atoms with Crippen molar-refractivity contribution < 1.29 is 9.53 Å². The summed E-state index contributed by atoms with van der Waals surface area (Å²) in [5.74, 6) is -0.349. The van der Waals surface area contributed by atoms with Crippen molar-refractivity contribution in [1.29, 1.82) is 0 Å². The van der Waals surface area contributed by atoms with Gasteiger partial charge in [-0.2, -0.15) is 0 Å². The highest BCUT2D eigenvalue weighted by atomic mass is 16.6. The number of nitrogen functional groups attached to an aromatic ring is 1. The molecule has 2 unspecified atom stereocenters. The van der Waals surface area contributed by atoms with Gasteiger partial charge in [0.25, 0.3) is 0 Å². The van der Waals surface area contributed by atoms with E-state index in [1.807, 2.05) is 18.2 Å². The first-order valence-electron chi connectivity index (χ1n) is 4.49. The first-order valence-corrected chi connectivity index (χ1v) is 4.49. The molecule has 14 heavy (non-hydrogen) atoms. The number of nitrogens with two attached hydrogens (primary N) is 2. The zero-order valence-electron chi connectivity index (χ0n) is 7.64. The third-order valence-electron chi connectivity index (χ3n) is 2.37. The maximum absolute atomic E-state index is 11.1. The van der Waals surface area contributed by atoms with E-state index in [-0.39, 0.29) is 12.1 Å². The van der Waals surface area contributed by atoms with Gasteiger partial charge >= 0.3 is 5.97 Å². The minimum atomic E-state index is -0.514. The quantitative estimate of drug-likeness (QED) is 0.504. The normalized spacial score (nSPS) is 26.2. The number of cyclic esters (lactones) is 1. The molecule has 2 atom stereocenters. The van der Waals surface area contributed by atoms with Gasteiger partial charge in [0, 0.05) is 17.7 Å². The van der Waals surface area contributed by atoms with Gasteiger partial charge in [-0.1, -0.05) is 18.2 Å². The Morgan fingerprint density at radius 3 is 2.64 bits per heavy atom. The lowest BCUT2D eigenvalue weighted by molar-refractivity contribution is -0.142. The first kappa shape index (κ1) is 9.02. The summed E-state index contributed by atoms with van der Waals surface area (Å²) in [5, 5.41) is 0. The molecule has 1 saturated heterocycles. The van der Waals surface area contributed by atoms with Gasteiger partial charge in [-0.05, 0) is 6.07 Å². The van der Waals surface area contributed by atoms with Gasteiger partial charge in [0.05, 0.1) is 0 Å². The molecule has 4 heteroatoms. The summed E-state index contributed by atoms with van der Waals surface area (Å²) in [6.45, 7) is 0. The van der Waals surface area contributed by atoms with Crippen LogP contribution in [0.5, 0.6) is 0 Å². The zero-order chi connectivity index (χ0) is 10.1. The van der Waals surface area contributed by atoms with Crippen molar-refractivity contribution in [2.45, 2.75) is 18.6 Å². The summed E-state index contributed by atoms with van der Waals surface area (Å²) in [4.78, 5) is 11.1. The molecule has 1 aliphatic heterocycles. The van der Waals surface area contributed by atoms with Crippen LogP contribution in [0, 0.1) is 0 Å². The van der Waals surface area contributed by atoms with Crippen molar-refractivity contribution in [3.63, 3.8) is 0 Å². The fourth-order valence-corrected chi connectivity index (χ4v) is 1.60. The third-order valence-corrected chi connectivity index (χ3v) is 2.37. The Kier molecular flexibility index (Phi) is 2.13. The van der Waals surface area contributed by atoms with Crippen LogP contribution in [-0.2, 0) is 9.53 Å². The number of hydrogen-bond donors (Lipinski definition) is 2. The van der Waals surface area contributed by atoms with Crippen LogP contribution in [0.3, 0.4) is 0 Å². The molecule has 0 aromatic heterocycles. The zero-order valence-corrected chi connectivity index (χ0v) is 7.64. The Hall–Kier alpha value is -1.55.